The van der Waals surface area contributed by atoms with Crippen LogP contribution in [0.5, 0.6) is 0 Å². The number of carbonyl (C=O) groups is 1. The predicted octanol–water partition coefficient (Wildman–Crippen LogP) is 2.44. The number of benzene rings is 1. The maximum Gasteiger partial charge on any atom is 0.315 e. The van der Waals surface area contributed by atoms with Gasteiger partial charge in [-0.3, -0.25) is 4.68 Å². The Morgan fingerprint density at radius 3 is 2.96 bits per heavy atom. The van der Waals surface area contributed by atoms with Crippen LogP contribution in [0, 0.1) is 0 Å². The maximum atomic E-state index is 12.3. The molecule has 1 atom stereocenters. The lowest BCUT2D eigenvalue weighted by Crippen LogP contribution is -2.38. The normalized spacial score (nSPS) is 16.5. The topological polar surface area (TPSA) is 68.2 Å². The highest BCUT2D eigenvalue weighted by Crippen LogP contribution is 2.28. The monoisotopic (exact) mass is 328 g/mol. The summed E-state index contributed by atoms with van der Waals surface area (Å²) < 4.78 is 7.11. The van der Waals surface area contributed by atoms with Gasteiger partial charge in [0.1, 0.15) is 0 Å². The van der Waals surface area contributed by atoms with Crippen molar-refractivity contribution in [3.05, 3.63) is 52.8 Å². The summed E-state index contributed by atoms with van der Waals surface area (Å²) in [5.41, 5.74) is 4.52. The van der Waals surface area contributed by atoms with E-state index in [1.54, 1.807) is 7.11 Å². The minimum atomic E-state index is -0.149. The molecule has 6 nitrogen and oxygen atoms in total. The van der Waals surface area contributed by atoms with Crippen LogP contribution in [0.3, 0.4) is 0 Å². The Bertz CT molecular complexity index is 711. The molecule has 1 aliphatic carbocycles. The number of nitrogens with one attached hydrogen (secondary N) is 2. The summed E-state index contributed by atoms with van der Waals surface area (Å²) >= 11 is 0. The van der Waals surface area contributed by atoms with Gasteiger partial charge in [0, 0.05) is 32.0 Å². The third-order valence-electron chi connectivity index (χ3n) is 4.54. The lowest BCUT2D eigenvalue weighted by Gasteiger charge is -2.24. The SMILES string of the molecule is COCc1ccccc1CNC(=O)NC1CCCc2c1cnn2C. The van der Waals surface area contributed by atoms with Gasteiger partial charge in [0.2, 0.25) is 0 Å². The summed E-state index contributed by atoms with van der Waals surface area (Å²) in [5.74, 6) is 0. The molecule has 6 heteroatoms. The average molecular weight is 328 g/mol. The van der Waals surface area contributed by atoms with Gasteiger partial charge in [0.05, 0.1) is 18.8 Å². The van der Waals surface area contributed by atoms with Crippen LogP contribution in [0.1, 0.15) is 41.3 Å². The fourth-order valence-electron chi connectivity index (χ4n) is 3.27. The highest BCUT2D eigenvalue weighted by molar-refractivity contribution is 5.74. The third kappa shape index (κ3) is 3.59. The number of amides is 2. The van der Waals surface area contributed by atoms with Crippen LogP contribution in [-0.2, 0) is 31.4 Å². The molecule has 1 aromatic carbocycles. The highest BCUT2D eigenvalue weighted by atomic mass is 16.5. The second-order valence-electron chi connectivity index (χ2n) is 6.14. The Hall–Kier alpha value is -2.34. The van der Waals surface area contributed by atoms with Crippen LogP contribution in [-0.4, -0.2) is 22.9 Å². The molecule has 1 heterocycles. The van der Waals surface area contributed by atoms with Crippen LogP contribution in [0.2, 0.25) is 0 Å². The number of nitrogens with zero attached hydrogens (tertiary/aromatic N) is 2. The second-order valence-corrected chi connectivity index (χ2v) is 6.14. The number of aromatic nitrogens is 2. The van der Waals surface area contributed by atoms with Gasteiger partial charge in [-0.15, -0.1) is 0 Å². The zero-order chi connectivity index (χ0) is 16.9. The van der Waals surface area contributed by atoms with Crippen molar-refractivity contribution in [1.29, 1.82) is 0 Å². The standard InChI is InChI=1S/C18H24N4O2/c1-22-17-9-5-8-16(15(17)11-20-22)21-18(23)19-10-13-6-3-4-7-14(13)12-24-2/h3-4,6-7,11,16H,5,8-10,12H2,1-2H3,(H2,19,21,23). The van der Waals surface area contributed by atoms with Crippen molar-refractivity contribution in [2.24, 2.45) is 7.05 Å². The number of hydrogen-bond acceptors (Lipinski definition) is 3. The number of ether oxygens (including phenoxy) is 1. The summed E-state index contributed by atoms with van der Waals surface area (Å²) in [6.45, 7) is 1.03. The lowest BCUT2D eigenvalue weighted by molar-refractivity contribution is 0.184. The Labute approximate surface area is 142 Å². The van der Waals surface area contributed by atoms with Gasteiger partial charge in [-0.25, -0.2) is 4.79 Å². The smallest absolute Gasteiger partial charge is 0.315 e. The van der Waals surface area contributed by atoms with E-state index in [1.807, 2.05) is 42.2 Å². The molecule has 1 aromatic heterocycles. The van der Waals surface area contributed by atoms with Gasteiger partial charge >= 0.3 is 6.03 Å². The quantitative estimate of drug-likeness (QED) is 0.886. The molecule has 0 bridgehead atoms. The van der Waals surface area contributed by atoms with Crippen LogP contribution in [0.25, 0.3) is 0 Å². The molecule has 24 heavy (non-hydrogen) atoms. The van der Waals surface area contributed by atoms with Crippen molar-refractivity contribution >= 4 is 6.03 Å². The van der Waals surface area contributed by atoms with Crippen LogP contribution in [0.15, 0.2) is 30.5 Å². The molecule has 3 rings (SSSR count). The Morgan fingerprint density at radius 2 is 2.17 bits per heavy atom. The fraction of sp³-hybridized carbons (Fsp3) is 0.444. The zero-order valence-corrected chi connectivity index (χ0v) is 14.2. The van der Waals surface area contributed by atoms with Crippen molar-refractivity contribution in [2.75, 3.05) is 7.11 Å². The fourth-order valence-corrected chi connectivity index (χ4v) is 3.27. The molecular weight excluding hydrogens is 304 g/mol. The van der Waals surface area contributed by atoms with Crippen molar-refractivity contribution in [3.8, 4) is 0 Å². The molecule has 0 saturated heterocycles. The summed E-state index contributed by atoms with van der Waals surface area (Å²) in [4.78, 5) is 12.3. The Morgan fingerprint density at radius 1 is 1.38 bits per heavy atom. The van der Waals surface area contributed by atoms with E-state index < -0.39 is 0 Å². The van der Waals surface area contributed by atoms with E-state index in [2.05, 4.69) is 15.7 Å². The average Bonchev–Trinajstić information content (AvgIpc) is 2.97. The molecule has 128 valence electrons. The molecule has 0 spiro atoms. The molecule has 0 aliphatic heterocycles. The Balaban J connectivity index is 1.59. The largest absolute Gasteiger partial charge is 0.380 e. The summed E-state index contributed by atoms with van der Waals surface area (Å²) in [7, 11) is 3.62. The predicted molar refractivity (Wildman–Crippen MR) is 91.4 cm³/mol. The number of hydrogen-bond donors (Lipinski definition) is 2. The molecule has 0 saturated carbocycles. The molecule has 0 radical (unpaired) electrons. The number of aryl methyl sites for hydroxylation is 1. The molecule has 2 N–H and O–H groups in total. The second kappa shape index (κ2) is 7.49. The van der Waals surface area contributed by atoms with Crippen LogP contribution >= 0.6 is 0 Å². The van der Waals surface area contributed by atoms with E-state index in [0.29, 0.717) is 13.2 Å². The van der Waals surface area contributed by atoms with E-state index in [4.69, 9.17) is 4.74 Å². The van der Waals surface area contributed by atoms with Gasteiger partial charge in [0.25, 0.3) is 0 Å². The summed E-state index contributed by atoms with van der Waals surface area (Å²) in [6, 6.07) is 7.86. The minimum Gasteiger partial charge on any atom is -0.380 e. The number of rotatable bonds is 5. The first-order chi connectivity index (χ1) is 11.7. The minimum absolute atomic E-state index is 0.0386. The third-order valence-corrected chi connectivity index (χ3v) is 4.54. The van der Waals surface area contributed by atoms with Crippen molar-refractivity contribution in [1.82, 2.24) is 20.4 Å². The summed E-state index contributed by atoms with van der Waals surface area (Å²) in [5, 5.41) is 10.3. The molecule has 0 fully saturated rings. The van der Waals surface area contributed by atoms with E-state index in [-0.39, 0.29) is 12.1 Å². The zero-order valence-electron chi connectivity index (χ0n) is 14.2. The van der Waals surface area contributed by atoms with Gasteiger partial charge in [-0.2, -0.15) is 5.10 Å². The lowest BCUT2D eigenvalue weighted by atomic mass is 9.93. The molecule has 2 aromatic rings. The molecule has 1 aliphatic rings. The van der Waals surface area contributed by atoms with Crippen molar-refractivity contribution < 1.29 is 9.53 Å². The molecular formula is C18H24N4O2. The van der Waals surface area contributed by atoms with Gasteiger partial charge < -0.3 is 15.4 Å². The number of urea groups is 1. The number of carbonyl (C=O) groups excluding carboxylic acids is 1. The van der Waals surface area contributed by atoms with Gasteiger partial charge in [-0.1, -0.05) is 24.3 Å². The maximum absolute atomic E-state index is 12.3. The summed E-state index contributed by atoms with van der Waals surface area (Å²) in [6.07, 6.45) is 4.91. The van der Waals surface area contributed by atoms with Crippen molar-refractivity contribution in [2.45, 2.75) is 38.5 Å². The first-order valence-corrected chi connectivity index (χ1v) is 8.30. The van der Waals surface area contributed by atoms with Crippen LogP contribution in [0.4, 0.5) is 4.79 Å². The van der Waals surface area contributed by atoms with Gasteiger partial charge in [-0.05, 0) is 30.4 Å². The van der Waals surface area contributed by atoms with E-state index >= 15 is 0 Å². The Kier molecular flexibility index (Phi) is 5.15. The molecule has 1 unspecified atom stereocenters. The first-order valence-electron chi connectivity index (χ1n) is 8.30. The van der Waals surface area contributed by atoms with E-state index in [9.17, 15) is 4.79 Å². The van der Waals surface area contributed by atoms with Crippen molar-refractivity contribution in [3.63, 3.8) is 0 Å². The number of methoxy groups -OCH3 is 1. The first kappa shape index (κ1) is 16.5. The van der Waals surface area contributed by atoms with Gasteiger partial charge in [0.15, 0.2) is 0 Å². The van der Waals surface area contributed by atoms with E-state index in [1.165, 1.54) is 5.69 Å². The molecule has 2 amide bonds. The highest BCUT2D eigenvalue weighted by Gasteiger charge is 2.24. The van der Waals surface area contributed by atoms with E-state index in [0.717, 1.165) is 36.0 Å². The number of fused-ring (bicyclic) bond motifs is 1. The van der Waals surface area contributed by atoms with Crippen LogP contribution < -0.4 is 10.6 Å².